The van der Waals surface area contributed by atoms with E-state index in [1.54, 1.807) is 0 Å². The van der Waals surface area contributed by atoms with E-state index in [0.717, 1.165) is 51.4 Å². The molecule has 0 heterocycles. The van der Waals surface area contributed by atoms with Crippen LogP contribution in [0.4, 0.5) is 0 Å². The van der Waals surface area contributed by atoms with E-state index < -0.39 is 12.1 Å². The summed E-state index contributed by atoms with van der Waals surface area (Å²) >= 11 is 0. The number of carbonyl (C=O) groups is 2. The first-order chi connectivity index (χ1) is 38.5. The van der Waals surface area contributed by atoms with Crippen LogP contribution in [0, 0.1) is 0 Å². The van der Waals surface area contributed by atoms with Crippen LogP contribution in [0.2, 0.25) is 0 Å². The molecule has 1 amide bonds. The average Bonchev–Trinajstić information content (AvgIpc) is 3.44. The van der Waals surface area contributed by atoms with Gasteiger partial charge >= 0.3 is 5.97 Å². The molecule has 0 aromatic carbocycles. The van der Waals surface area contributed by atoms with E-state index in [1.807, 2.05) is 0 Å². The van der Waals surface area contributed by atoms with Crippen molar-refractivity contribution in [1.82, 2.24) is 5.32 Å². The number of hydrogen-bond donors (Lipinski definition) is 3. The summed E-state index contributed by atoms with van der Waals surface area (Å²) in [4.78, 5) is 24.6. The van der Waals surface area contributed by atoms with Gasteiger partial charge in [-0.05, 0) is 83.5 Å². The maximum Gasteiger partial charge on any atom is 0.305 e. The van der Waals surface area contributed by atoms with Gasteiger partial charge in [-0.25, -0.2) is 0 Å². The molecule has 0 aliphatic rings. The number of unbranched alkanes of at least 4 members (excludes halogenated alkanes) is 49. The second kappa shape index (κ2) is 67.6. The third-order valence-corrected chi connectivity index (χ3v) is 16.4. The largest absolute Gasteiger partial charge is 0.466 e. The fraction of sp³-hybridized carbons (Fsp3) is 0.889. The molecule has 0 rings (SSSR count). The molecule has 0 saturated heterocycles. The van der Waals surface area contributed by atoms with Crippen molar-refractivity contribution < 1.29 is 24.5 Å². The molecule has 6 heteroatoms. The van der Waals surface area contributed by atoms with Gasteiger partial charge in [0.2, 0.25) is 5.91 Å². The summed E-state index contributed by atoms with van der Waals surface area (Å²) in [7, 11) is 0. The molecule has 0 bridgehead atoms. The smallest absolute Gasteiger partial charge is 0.305 e. The second-order valence-corrected chi connectivity index (χ2v) is 24.2. The zero-order valence-electron chi connectivity index (χ0n) is 52.7. The standard InChI is InChI=1S/C72H137NO5/c1-3-5-7-9-11-13-15-17-19-20-35-38-42-46-50-54-58-62-66-72(77)78-67-63-59-55-51-47-43-39-36-33-31-29-27-25-23-21-22-24-26-28-30-32-34-37-41-45-49-53-57-61-65-71(76)73-69(68-74)70(75)64-60-56-52-48-44-40-18-16-14-12-10-8-6-4-2/h19-21,23,27,29,69-70,74-75H,3-18,22,24-26,28,30-68H2,1-2H3,(H,73,76)/b20-19-,23-21-,29-27-. The van der Waals surface area contributed by atoms with Crippen LogP contribution in [0.5, 0.6) is 0 Å². The van der Waals surface area contributed by atoms with Crippen molar-refractivity contribution in [2.75, 3.05) is 13.2 Å². The number of hydrogen-bond acceptors (Lipinski definition) is 5. The third-order valence-electron chi connectivity index (χ3n) is 16.4. The minimum Gasteiger partial charge on any atom is -0.466 e. The van der Waals surface area contributed by atoms with Gasteiger partial charge in [-0.3, -0.25) is 9.59 Å². The summed E-state index contributed by atoms with van der Waals surface area (Å²) in [5, 5.41) is 23.3. The highest BCUT2D eigenvalue weighted by molar-refractivity contribution is 5.76. The summed E-state index contributed by atoms with van der Waals surface area (Å²) in [6, 6.07) is -0.542. The fourth-order valence-corrected chi connectivity index (χ4v) is 11.0. The number of rotatable bonds is 66. The zero-order valence-corrected chi connectivity index (χ0v) is 52.7. The van der Waals surface area contributed by atoms with Crippen LogP contribution in [0.1, 0.15) is 386 Å². The van der Waals surface area contributed by atoms with Gasteiger partial charge in [-0.15, -0.1) is 0 Å². The predicted octanol–water partition coefficient (Wildman–Crippen LogP) is 22.7. The lowest BCUT2D eigenvalue weighted by Gasteiger charge is -2.22. The second-order valence-electron chi connectivity index (χ2n) is 24.2. The van der Waals surface area contributed by atoms with Crippen molar-refractivity contribution in [3.05, 3.63) is 36.5 Å². The maximum absolute atomic E-state index is 12.5. The number of aliphatic hydroxyl groups excluding tert-OH is 2. The molecule has 0 aliphatic carbocycles. The molecule has 0 fully saturated rings. The normalized spacial score (nSPS) is 12.7. The topological polar surface area (TPSA) is 95.9 Å². The number of nitrogens with one attached hydrogen (secondary N) is 1. The van der Waals surface area contributed by atoms with E-state index >= 15 is 0 Å². The van der Waals surface area contributed by atoms with E-state index in [9.17, 15) is 19.8 Å². The molecule has 0 aromatic heterocycles. The minimum absolute atomic E-state index is 0.00954. The number of ether oxygens (including phenoxy) is 1. The maximum atomic E-state index is 12.5. The van der Waals surface area contributed by atoms with Gasteiger partial charge in [0.15, 0.2) is 0 Å². The van der Waals surface area contributed by atoms with E-state index in [2.05, 4.69) is 55.6 Å². The molecule has 460 valence electrons. The van der Waals surface area contributed by atoms with E-state index in [4.69, 9.17) is 4.74 Å². The Labute approximate surface area is 487 Å². The third kappa shape index (κ3) is 63.3. The van der Waals surface area contributed by atoms with Crippen molar-refractivity contribution in [2.45, 2.75) is 398 Å². The highest BCUT2D eigenvalue weighted by Gasteiger charge is 2.20. The number of allylic oxidation sites excluding steroid dienone is 6. The highest BCUT2D eigenvalue weighted by atomic mass is 16.5. The SMILES string of the molecule is CCCCCCCCC/C=C\CCCCCCCCCC(=O)OCCCCCCCCCCC/C=C\C/C=C\CCCCCCCCCCCCCCCC(=O)NC(CO)C(O)CCCCCCCCCCCCCCCC. The lowest BCUT2D eigenvalue weighted by molar-refractivity contribution is -0.143. The molecule has 0 spiro atoms. The van der Waals surface area contributed by atoms with Crippen molar-refractivity contribution in [1.29, 1.82) is 0 Å². The van der Waals surface area contributed by atoms with Crippen LogP contribution in [0.15, 0.2) is 36.5 Å². The summed E-state index contributed by atoms with van der Waals surface area (Å²) < 4.78 is 5.50. The predicted molar refractivity (Wildman–Crippen MR) is 343 cm³/mol. The van der Waals surface area contributed by atoms with Gasteiger partial charge in [-0.1, -0.05) is 326 Å². The molecule has 78 heavy (non-hydrogen) atoms. The van der Waals surface area contributed by atoms with Crippen molar-refractivity contribution in [2.24, 2.45) is 0 Å². The lowest BCUT2D eigenvalue weighted by Crippen LogP contribution is -2.45. The van der Waals surface area contributed by atoms with Crippen LogP contribution in [0.3, 0.4) is 0 Å². The van der Waals surface area contributed by atoms with Crippen LogP contribution in [-0.4, -0.2) is 47.4 Å². The molecule has 6 nitrogen and oxygen atoms in total. The lowest BCUT2D eigenvalue weighted by atomic mass is 10.0. The Kier molecular flexibility index (Phi) is 65.9. The fourth-order valence-electron chi connectivity index (χ4n) is 11.0. The van der Waals surface area contributed by atoms with Gasteiger partial charge in [0, 0.05) is 12.8 Å². The number of aliphatic hydroxyl groups is 2. The molecular formula is C72H137NO5. The Morgan fingerprint density at radius 1 is 0.359 bits per heavy atom. The molecule has 2 unspecified atom stereocenters. The van der Waals surface area contributed by atoms with Gasteiger partial charge in [-0.2, -0.15) is 0 Å². The monoisotopic (exact) mass is 1100 g/mol. The van der Waals surface area contributed by atoms with E-state index in [0.29, 0.717) is 25.9 Å². The average molecular weight is 1100 g/mol. The zero-order chi connectivity index (χ0) is 56.4. The Balaban J connectivity index is 3.39. The summed E-state index contributed by atoms with van der Waals surface area (Å²) in [5.74, 6) is -0.0246. The van der Waals surface area contributed by atoms with E-state index in [1.165, 1.54) is 302 Å². The van der Waals surface area contributed by atoms with Crippen molar-refractivity contribution >= 4 is 11.9 Å². The van der Waals surface area contributed by atoms with Gasteiger partial charge in [0.1, 0.15) is 0 Å². The molecule has 0 aromatic rings. The Morgan fingerprint density at radius 3 is 0.987 bits per heavy atom. The van der Waals surface area contributed by atoms with Crippen LogP contribution in [0.25, 0.3) is 0 Å². The molecule has 0 saturated carbocycles. The quantitative estimate of drug-likeness (QED) is 0.0320. The van der Waals surface area contributed by atoms with Gasteiger partial charge < -0.3 is 20.3 Å². The number of carbonyl (C=O) groups excluding carboxylic acids is 2. The van der Waals surface area contributed by atoms with E-state index in [-0.39, 0.29) is 18.5 Å². The highest BCUT2D eigenvalue weighted by Crippen LogP contribution is 2.18. The minimum atomic E-state index is -0.665. The Morgan fingerprint density at radius 2 is 0.641 bits per heavy atom. The first kappa shape index (κ1) is 76.1. The Bertz CT molecular complexity index is 1260. The number of esters is 1. The van der Waals surface area contributed by atoms with Crippen molar-refractivity contribution in [3.63, 3.8) is 0 Å². The van der Waals surface area contributed by atoms with Gasteiger partial charge in [0.05, 0.1) is 25.4 Å². The summed E-state index contributed by atoms with van der Waals surface area (Å²) in [6.45, 7) is 4.97. The van der Waals surface area contributed by atoms with Crippen molar-refractivity contribution in [3.8, 4) is 0 Å². The van der Waals surface area contributed by atoms with Crippen LogP contribution < -0.4 is 5.32 Å². The molecule has 0 radical (unpaired) electrons. The molecular weight excluding hydrogens is 959 g/mol. The molecule has 3 N–H and O–H groups in total. The Hall–Kier alpha value is -1.92. The van der Waals surface area contributed by atoms with Crippen LogP contribution >= 0.6 is 0 Å². The van der Waals surface area contributed by atoms with Gasteiger partial charge in [0.25, 0.3) is 0 Å². The molecule has 0 aliphatic heterocycles. The number of amides is 1. The summed E-state index contributed by atoms with van der Waals surface area (Å²) in [5.41, 5.74) is 0. The van der Waals surface area contributed by atoms with Crippen LogP contribution in [-0.2, 0) is 14.3 Å². The first-order valence-electron chi connectivity index (χ1n) is 35.2. The molecule has 2 atom stereocenters. The summed E-state index contributed by atoms with van der Waals surface area (Å²) in [6.07, 6.45) is 86.2. The first-order valence-corrected chi connectivity index (χ1v) is 35.2.